The Bertz CT molecular complexity index is 1100. The maximum absolute atomic E-state index is 15.0. The fourth-order valence-electron chi connectivity index (χ4n) is 4.46. The van der Waals surface area contributed by atoms with Crippen LogP contribution in [0, 0.1) is 19.7 Å². The molecule has 1 aromatic carbocycles. The lowest BCUT2D eigenvalue weighted by Crippen LogP contribution is -2.49. The maximum atomic E-state index is 15.0. The molecule has 0 radical (unpaired) electrons. The molecule has 1 atom stereocenters. The second-order valence-corrected chi connectivity index (χ2v) is 8.29. The minimum absolute atomic E-state index is 0.0469. The quantitative estimate of drug-likeness (QED) is 0.713. The Morgan fingerprint density at radius 3 is 2.44 bits per heavy atom. The monoisotopic (exact) mass is 439 g/mol. The third-order valence-corrected chi connectivity index (χ3v) is 6.20. The van der Waals surface area contributed by atoms with Gasteiger partial charge in [-0.25, -0.2) is 14.2 Å². The molecule has 2 aliphatic heterocycles. The van der Waals surface area contributed by atoms with Crippen LogP contribution in [0.3, 0.4) is 0 Å². The molecule has 2 aliphatic rings. The Labute approximate surface area is 185 Å². The first kappa shape index (κ1) is 21.7. The van der Waals surface area contributed by atoms with Crippen LogP contribution in [0.4, 0.5) is 15.0 Å². The summed E-state index contributed by atoms with van der Waals surface area (Å²) < 4.78 is 15.0. The van der Waals surface area contributed by atoms with Crippen molar-refractivity contribution in [2.45, 2.75) is 32.7 Å². The predicted octanol–water partition coefficient (Wildman–Crippen LogP) is 2.24. The zero-order valence-corrected chi connectivity index (χ0v) is 18.4. The van der Waals surface area contributed by atoms with Gasteiger partial charge in [-0.15, -0.1) is 0 Å². The fourth-order valence-corrected chi connectivity index (χ4v) is 4.46. The lowest BCUT2D eigenvalue weighted by molar-refractivity contribution is -0.124. The Balaban J connectivity index is 1.48. The van der Waals surface area contributed by atoms with E-state index in [0.29, 0.717) is 26.2 Å². The van der Waals surface area contributed by atoms with Gasteiger partial charge >= 0.3 is 6.03 Å². The standard InChI is InChI=1S/C23H26FN5O3/c1-4-23(21(31)26-22(32)27-23)17-6-5-16(12-18(17)24)20(30)29-9-7-28(8-10-29)19-15(3)11-14(2)13-25-19/h5-6,11-13H,4,7-10H2,1-3H3,(H2,26,27,31,32)/t23-/m0/s1. The van der Waals surface area contributed by atoms with Crippen molar-refractivity contribution in [2.75, 3.05) is 31.1 Å². The number of amides is 4. The molecule has 0 aliphatic carbocycles. The summed E-state index contributed by atoms with van der Waals surface area (Å²) in [5.41, 5.74) is 0.985. The van der Waals surface area contributed by atoms with Crippen molar-refractivity contribution in [3.8, 4) is 0 Å². The zero-order valence-electron chi connectivity index (χ0n) is 18.4. The number of aromatic nitrogens is 1. The van der Waals surface area contributed by atoms with Crippen molar-refractivity contribution in [3.05, 3.63) is 58.5 Å². The average molecular weight is 439 g/mol. The number of hydrogen-bond acceptors (Lipinski definition) is 5. The van der Waals surface area contributed by atoms with E-state index >= 15 is 4.39 Å². The lowest BCUT2D eigenvalue weighted by Gasteiger charge is -2.36. The van der Waals surface area contributed by atoms with Gasteiger partial charge in [-0.3, -0.25) is 14.9 Å². The van der Waals surface area contributed by atoms with Gasteiger partial charge in [0.2, 0.25) is 0 Å². The largest absolute Gasteiger partial charge is 0.353 e. The molecule has 8 nitrogen and oxygen atoms in total. The minimum atomic E-state index is -1.47. The van der Waals surface area contributed by atoms with Gasteiger partial charge in [-0.05, 0) is 43.5 Å². The number of rotatable bonds is 4. The lowest BCUT2D eigenvalue weighted by atomic mass is 9.86. The van der Waals surface area contributed by atoms with Crippen LogP contribution < -0.4 is 15.5 Å². The molecular weight excluding hydrogens is 413 g/mol. The van der Waals surface area contributed by atoms with Crippen molar-refractivity contribution in [1.82, 2.24) is 20.5 Å². The third-order valence-electron chi connectivity index (χ3n) is 6.20. The SMILES string of the molecule is CC[C@@]1(c2ccc(C(=O)N3CCN(c4ncc(C)cc4C)CC3)cc2F)NC(=O)NC1=O. The number of anilines is 1. The summed E-state index contributed by atoms with van der Waals surface area (Å²) in [6.45, 7) is 7.97. The van der Waals surface area contributed by atoms with E-state index < -0.39 is 23.3 Å². The van der Waals surface area contributed by atoms with Gasteiger partial charge in [-0.1, -0.05) is 19.1 Å². The topological polar surface area (TPSA) is 94.6 Å². The summed E-state index contributed by atoms with van der Waals surface area (Å²) in [5, 5.41) is 4.68. The van der Waals surface area contributed by atoms with E-state index in [-0.39, 0.29) is 23.5 Å². The van der Waals surface area contributed by atoms with Crippen molar-refractivity contribution >= 4 is 23.7 Å². The first-order valence-corrected chi connectivity index (χ1v) is 10.7. The van der Waals surface area contributed by atoms with Gasteiger partial charge in [0.1, 0.15) is 17.2 Å². The molecule has 0 spiro atoms. The molecule has 168 valence electrons. The Morgan fingerprint density at radius 1 is 1.16 bits per heavy atom. The van der Waals surface area contributed by atoms with E-state index in [1.807, 2.05) is 20.0 Å². The van der Waals surface area contributed by atoms with Crippen LogP contribution in [0.25, 0.3) is 0 Å². The number of nitrogens with one attached hydrogen (secondary N) is 2. The highest BCUT2D eigenvalue weighted by Gasteiger charge is 2.47. The number of halogens is 1. The van der Waals surface area contributed by atoms with Crippen LogP contribution >= 0.6 is 0 Å². The van der Waals surface area contributed by atoms with Crippen LogP contribution in [-0.2, 0) is 10.3 Å². The van der Waals surface area contributed by atoms with E-state index in [4.69, 9.17) is 0 Å². The van der Waals surface area contributed by atoms with Crippen molar-refractivity contribution in [3.63, 3.8) is 0 Å². The van der Waals surface area contributed by atoms with Crippen LogP contribution in [0.15, 0.2) is 30.5 Å². The molecule has 9 heteroatoms. The highest BCUT2D eigenvalue weighted by Crippen LogP contribution is 2.31. The maximum Gasteiger partial charge on any atom is 0.322 e. The second kappa shape index (κ2) is 8.22. The number of carbonyl (C=O) groups excluding carboxylic acids is 3. The Kier molecular flexibility index (Phi) is 5.58. The number of nitrogens with zero attached hydrogens (tertiary/aromatic N) is 3. The Hall–Kier alpha value is -3.49. The smallest absolute Gasteiger partial charge is 0.322 e. The molecule has 0 bridgehead atoms. The van der Waals surface area contributed by atoms with E-state index in [1.165, 1.54) is 12.1 Å². The normalized spacial score (nSPS) is 20.9. The van der Waals surface area contributed by atoms with Crippen molar-refractivity contribution in [2.24, 2.45) is 0 Å². The molecule has 2 fully saturated rings. The second-order valence-electron chi connectivity index (χ2n) is 8.29. The fraction of sp³-hybridized carbons (Fsp3) is 0.391. The number of hydrogen-bond donors (Lipinski definition) is 2. The van der Waals surface area contributed by atoms with Crippen molar-refractivity contribution < 1.29 is 18.8 Å². The minimum Gasteiger partial charge on any atom is -0.353 e. The number of benzene rings is 1. The molecule has 2 N–H and O–H groups in total. The summed E-state index contributed by atoms with van der Waals surface area (Å²) in [7, 11) is 0. The van der Waals surface area contributed by atoms with Crippen LogP contribution in [-0.4, -0.2) is 53.9 Å². The molecule has 4 amide bonds. The highest BCUT2D eigenvalue weighted by molar-refractivity contribution is 6.07. The number of urea groups is 1. The van der Waals surface area contributed by atoms with E-state index in [2.05, 4.69) is 26.6 Å². The van der Waals surface area contributed by atoms with Crippen LogP contribution in [0.1, 0.15) is 40.4 Å². The zero-order chi connectivity index (χ0) is 23.0. The summed E-state index contributed by atoms with van der Waals surface area (Å²) >= 11 is 0. The summed E-state index contributed by atoms with van der Waals surface area (Å²) in [4.78, 5) is 45.3. The first-order valence-electron chi connectivity index (χ1n) is 10.7. The van der Waals surface area contributed by atoms with Gasteiger partial charge in [-0.2, -0.15) is 0 Å². The van der Waals surface area contributed by atoms with Gasteiger partial charge < -0.3 is 15.1 Å². The van der Waals surface area contributed by atoms with E-state index in [1.54, 1.807) is 11.8 Å². The van der Waals surface area contributed by atoms with Gasteiger partial charge in [0.25, 0.3) is 11.8 Å². The molecular formula is C23H26FN5O3. The Morgan fingerprint density at radius 2 is 1.88 bits per heavy atom. The molecule has 1 aromatic heterocycles. The van der Waals surface area contributed by atoms with Gasteiger partial charge in [0.15, 0.2) is 0 Å². The molecule has 4 rings (SSSR count). The van der Waals surface area contributed by atoms with Crippen LogP contribution in [0.2, 0.25) is 0 Å². The molecule has 2 saturated heterocycles. The summed E-state index contributed by atoms with van der Waals surface area (Å²) in [6, 6.07) is 5.49. The molecule has 0 saturated carbocycles. The van der Waals surface area contributed by atoms with Crippen molar-refractivity contribution in [1.29, 1.82) is 0 Å². The molecule has 0 unspecified atom stereocenters. The third kappa shape index (κ3) is 3.68. The number of piperazine rings is 1. The molecule has 2 aromatic rings. The van der Waals surface area contributed by atoms with Gasteiger partial charge in [0.05, 0.1) is 0 Å². The van der Waals surface area contributed by atoms with E-state index in [9.17, 15) is 14.4 Å². The van der Waals surface area contributed by atoms with Gasteiger partial charge in [0, 0.05) is 43.5 Å². The molecule has 32 heavy (non-hydrogen) atoms. The predicted molar refractivity (Wildman–Crippen MR) is 117 cm³/mol. The highest BCUT2D eigenvalue weighted by atomic mass is 19.1. The van der Waals surface area contributed by atoms with Crippen LogP contribution in [0.5, 0.6) is 0 Å². The molecule has 3 heterocycles. The summed E-state index contributed by atoms with van der Waals surface area (Å²) in [6.07, 6.45) is 2.02. The average Bonchev–Trinajstić information content (AvgIpc) is 3.07. The number of imide groups is 1. The summed E-state index contributed by atoms with van der Waals surface area (Å²) in [5.74, 6) is -0.652. The van der Waals surface area contributed by atoms with E-state index in [0.717, 1.165) is 23.0 Å². The number of carbonyl (C=O) groups is 3. The number of pyridine rings is 1. The first-order chi connectivity index (χ1) is 15.2. The number of aryl methyl sites for hydroxylation is 2.